The largest absolute Gasteiger partial charge is 0.333 e. The van der Waals surface area contributed by atoms with Gasteiger partial charge in [0, 0.05) is 31.2 Å². The third-order valence-corrected chi connectivity index (χ3v) is 3.43. The van der Waals surface area contributed by atoms with Gasteiger partial charge >= 0.3 is 0 Å². The highest BCUT2D eigenvalue weighted by atomic mass is 16.2. The first kappa shape index (κ1) is 11.1. The predicted molar refractivity (Wildman–Crippen MR) is 65.0 cm³/mol. The quantitative estimate of drug-likeness (QED) is 0.695. The van der Waals surface area contributed by atoms with Crippen molar-refractivity contribution in [3.63, 3.8) is 0 Å². The molecule has 2 aliphatic heterocycles. The van der Waals surface area contributed by atoms with Crippen molar-refractivity contribution >= 4 is 5.91 Å². The molecule has 2 aliphatic rings. The number of likely N-dealkylation sites (N-methyl/N-ethyl adjacent to an activating group) is 1. The van der Waals surface area contributed by atoms with Gasteiger partial charge in [-0.1, -0.05) is 25.3 Å². The van der Waals surface area contributed by atoms with E-state index < -0.39 is 0 Å². The SMILES string of the molecule is C=CC1=C(C=C)C(=O)N2CCN(C)CC2C1. The highest BCUT2D eigenvalue weighted by Crippen LogP contribution is 2.27. The van der Waals surface area contributed by atoms with E-state index in [1.54, 1.807) is 12.2 Å². The lowest BCUT2D eigenvalue weighted by molar-refractivity contribution is -0.132. The van der Waals surface area contributed by atoms with Gasteiger partial charge in [0.1, 0.15) is 0 Å². The summed E-state index contributed by atoms with van der Waals surface area (Å²) in [6, 6.07) is 0.308. The Balaban J connectivity index is 2.32. The Hall–Kier alpha value is -1.35. The van der Waals surface area contributed by atoms with Crippen molar-refractivity contribution in [3.8, 4) is 0 Å². The average Bonchev–Trinajstić information content (AvgIpc) is 2.28. The van der Waals surface area contributed by atoms with Gasteiger partial charge in [-0.3, -0.25) is 4.79 Å². The Bertz CT molecular complexity index is 370. The van der Waals surface area contributed by atoms with Crippen LogP contribution in [0.1, 0.15) is 6.42 Å². The maximum absolute atomic E-state index is 12.2. The van der Waals surface area contributed by atoms with Gasteiger partial charge in [0.25, 0.3) is 5.91 Å². The molecule has 0 radical (unpaired) electrons. The number of hydrogen-bond donors (Lipinski definition) is 0. The molecule has 0 aromatic carbocycles. The van der Waals surface area contributed by atoms with Crippen molar-refractivity contribution in [1.29, 1.82) is 0 Å². The molecule has 1 amide bonds. The third kappa shape index (κ3) is 1.71. The third-order valence-electron chi connectivity index (χ3n) is 3.43. The van der Waals surface area contributed by atoms with Crippen LogP contribution in [0.2, 0.25) is 0 Å². The summed E-state index contributed by atoms with van der Waals surface area (Å²) in [4.78, 5) is 16.4. The number of allylic oxidation sites excluding steroid dienone is 1. The van der Waals surface area contributed by atoms with Gasteiger partial charge in [-0.25, -0.2) is 0 Å². The zero-order valence-electron chi connectivity index (χ0n) is 9.78. The highest BCUT2D eigenvalue weighted by Gasteiger charge is 2.34. The van der Waals surface area contributed by atoms with Gasteiger partial charge in [0.05, 0.1) is 0 Å². The van der Waals surface area contributed by atoms with Crippen molar-refractivity contribution in [2.45, 2.75) is 12.5 Å². The highest BCUT2D eigenvalue weighted by molar-refractivity contribution is 5.98. The number of piperazine rings is 1. The molecule has 2 heterocycles. The number of hydrogen-bond acceptors (Lipinski definition) is 2. The van der Waals surface area contributed by atoms with Gasteiger partial charge in [-0.05, 0) is 19.0 Å². The minimum absolute atomic E-state index is 0.120. The topological polar surface area (TPSA) is 23.6 Å². The lowest BCUT2D eigenvalue weighted by atomic mass is 9.92. The van der Waals surface area contributed by atoms with Crippen LogP contribution in [-0.4, -0.2) is 48.4 Å². The Kier molecular flexibility index (Phi) is 2.97. The van der Waals surface area contributed by atoms with E-state index in [-0.39, 0.29) is 5.91 Å². The van der Waals surface area contributed by atoms with Crippen LogP contribution in [0.4, 0.5) is 0 Å². The lowest BCUT2D eigenvalue weighted by Gasteiger charge is -2.43. The van der Waals surface area contributed by atoms with Crippen LogP contribution in [0.25, 0.3) is 0 Å². The molecule has 0 N–H and O–H groups in total. The van der Waals surface area contributed by atoms with E-state index in [1.165, 1.54) is 0 Å². The number of carbonyl (C=O) groups is 1. The second-order valence-electron chi connectivity index (χ2n) is 4.47. The molecule has 0 saturated carbocycles. The van der Waals surface area contributed by atoms with E-state index in [0.29, 0.717) is 6.04 Å². The molecule has 16 heavy (non-hydrogen) atoms. The Labute approximate surface area is 96.7 Å². The second kappa shape index (κ2) is 4.26. The van der Waals surface area contributed by atoms with Crippen LogP contribution in [0.3, 0.4) is 0 Å². The van der Waals surface area contributed by atoms with Gasteiger partial charge in [-0.15, -0.1) is 0 Å². The van der Waals surface area contributed by atoms with E-state index in [4.69, 9.17) is 0 Å². The Morgan fingerprint density at radius 3 is 2.69 bits per heavy atom. The van der Waals surface area contributed by atoms with Crippen LogP contribution in [0.5, 0.6) is 0 Å². The molecule has 1 atom stereocenters. The van der Waals surface area contributed by atoms with E-state index in [0.717, 1.165) is 37.2 Å². The van der Waals surface area contributed by atoms with Gasteiger partial charge in [-0.2, -0.15) is 0 Å². The van der Waals surface area contributed by atoms with E-state index in [9.17, 15) is 4.79 Å². The Morgan fingerprint density at radius 2 is 2.06 bits per heavy atom. The Morgan fingerprint density at radius 1 is 1.31 bits per heavy atom. The van der Waals surface area contributed by atoms with Crippen molar-refractivity contribution in [2.24, 2.45) is 0 Å². The van der Waals surface area contributed by atoms with Crippen molar-refractivity contribution in [2.75, 3.05) is 26.7 Å². The summed E-state index contributed by atoms with van der Waals surface area (Å²) >= 11 is 0. The molecule has 0 bridgehead atoms. The van der Waals surface area contributed by atoms with Crippen molar-refractivity contribution < 1.29 is 4.79 Å². The number of nitrogens with zero attached hydrogens (tertiary/aromatic N) is 2. The van der Waals surface area contributed by atoms with E-state index >= 15 is 0 Å². The first-order chi connectivity index (χ1) is 7.67. The van der Waals surface area contributed by atoms with Crippen LogP contribution in [0, 0.1) is 0 Å². The zero-order chi connectivity index (χ0) is 11.7. The fourth-order valence-corrected chi connectivity index (χ4v) is 2.52. The number of amides is 1. The molecule has 3 nitrogen and oxygen atoms in total. The van der Waals surface area contributed by atoms with Crippen LogP contribution in [-0.2, 0) is 4.79 Å². The minimum Gasteiger partial charge on any atom is -0.333 e. The first-order valence-electron chi connectivity index (χ1n) is 5.65. The molecule has 0 aromatic heterocycles. The predicted octanol–water partition coefficient (Wildman–Crippen LogP) is 1.20. The van der Waals surface area contributed by atoms with Crippen LogP contribution >= 0.6 is 0 Å². The molecule has 3 heteroatoms. The van der Waals surface area contributed by atoms with Crippen molar-refractivity contribution in [3.05, 3.63) is 36.5 Å². The van der Waals surface area contributed by atoms with E-state index in [1.807, 2.05) is 4.90 Å². The molecule has 0 aliphatic carbocycles. The summed E-state index contributed by atoms with van der Waals surface area (Å²) < 4.78 is 0. The maximum atomic E-state index is 12.2. The van der Waals surface area contributed by atoms with Gasteiger partial charge < -0.3 is 9.80 Å². The lowest BCUT2D eigenvalue weighted by Crippen LogP contribution is -2.56. The van der Waals surface area contributed by atoms with Crippen LogP contribution < -0.4 is 0 Å². The fraction of sp³-hybridized carbons (Fsp3) is 0.462. The summed E-state index contributed by atoms with van der Waals surface area (Å²) in [6.07, 6.45) is 4.36. The number of rotatable bonds is 2. The summed E-state index contributed by atoms with van der Waals surface area (Å²) in [7, 11) is 2.10. The molecule has 1 saturated heterocycles. The minimum atomic E-state index is 0.120. The van der Waals surface area contributed by atoms with Gasteiger partial charge in [0.15, 0.2) is 0 Å². The smallest absolute Gasteiger partial charge is 0.254 e. The molecule has 1 unspecified atom stereocenters. The summed E-state index contributed by atoms with van der Waals surface area (Å²) in [6.45, 7) is 10.2. The number of carbonyl (C=O) groups excluding carboxylic acids is 1. The molecule has 1 fully saturated rings. The maximum Gasteiger partial charge on any atom is 0.254 e. The molecule has 0 aromatic rings. The van der Waals surface area contributed by atoms with Crippen molar-refractivity contribution in [1.82, 2.24) is 9.80 Å². The average molecular weight is 218 g/mol. The first-order valence-corrected chi connectivity index (χ1v) is 5.65. The zero-order valence-corrected chi connectivity index (χ0v) is 9.78. The molecular weight excluding hydrogens is 200 g/mol. The normalized spacial score (nSPS) is 26.7. The summed E-state index contributed by atoms with van der Waals surface area (Å²) in [5, 5.41) is 0. The monoisotopic (exact) mass is 218 g/mol. The standard InChI is InChI=1S/C13H18N2O/c1-4-10-8-11-9-14(3)6-7-15(11)13(16)12(10)5-2/h4-5,11H,1-2,6-9H2,3H3. The van der Waals surface area contributed by atoms with Crippen LogP contribution in [0.15, 0.2) is 36.5 Å². The second-order valence-corrected chi connectivity index (χ2v) is 4.47. The molecular formula is C13H18N2O. The molecule has 0 spiro atoms. The number of fused-ring (bicyclic) bond motifs is 1. The summed E-state index contributed by atoms with van der Waals surface area (Å²) in [5.41, 5.74) is 1.77. The molecule has 86 valence electrons. The van der Waals surface area contributed by atoms with Gasteiger partial charge in [0.2, 0.25) is 0 Å². The van der Waals surface area contributed by atoms with E-state index in [2.05, 4.69) is 25.1 Å². The summed E-state index contributed by atoms with van der Waals surface area (Å²) in [5.74, 6) is 0.120. The fourth-order valence-electron chi connectivity index (χ4n) is 2.52. The molecule has 2 rings (SSSR count).